The highest BCUT2D eigenvalue weighted by atomic mass is 19.1. The molecule has 2 saturated carbocycles. The van der Waals surface area contributed by atoms with Gasteiger partial charge in [-0.2, -0.15) is 9.65 Å². The van der Waals surface area contributed by atoms with Crippen molar-refractivity contribution in [3.63, 3.8) is 0 Å². The van der Waals surface area contributed by atoms with Crippen LogP contribution in [0.4, 0.5) is 4.39 Å². The van der Waals surface area contributed by atoms with Gasteiger partial charge in [-0.25, -0.2) is 0 Å². The van der Waals surface area contributed by atoms with E-state index in [2.05, 4.69) is 6.92 Å². The normalized spacial score (nSPS) is 28.8. The van der Waals surface area contributed by atoms with Gasteiger partial charge in [-0.05, 0) is 42.6 Å². The minimum atomic E-state index is -0.611. The van der Waals surface area contributed by atoms with Crippen LogP contribution in [-0.4, -0.2) is 0 Å². The Morgan fingerprint density at radius 3 is 1.71 bits per heavy atom. The molecule has 0 aromatic rings. The predicted molar refractivity (Wildman–Crippen MR) is 118 cm³/mol. The largest absolute Gasteiger partial charge is 0.196 e. The Labute approximate surface area is 174 Å². The average molecular weight is 390 g/mol. The maximum Gasteiger partial charge on any atom is 0.196 e. The molecule has 0 amide bonds. The van der Waals surface area contributed by atoms with Crippen LogP contribution in [-0.2, 0) is 0 Å². The molecule has 2 aliphatic carbocycles. The van der Waals surface area contributed by atoms with Crippen LogP contribution in [0.5, 0.6) is 0 Å². The third-order valence-electron chi connectivity index (χ3n) is 7.64. The Bertz CT molecular complexity index is 461. The number of allylic oxidation sites excluding steroid dienone is 2. The van der Waals surface area contributed by atoms with Gasteiger partial charge in [0, 0.05) is 0 Å². The molecule has 2 fully saturated rings. The third kappa shape index (κ3) is 9.58. The van der Waals surface area contributed by atoms with E-state index < -0.39 is 5.83 Å². The van der Waals surface area contributed by atoms with Crippen molar-refractivity contribution < 1.29 is 4.39 Å². The van der Waals surface area contributed by atoms with Crippen molar-refractivity contribution in [3.8, 4) is 6.07 Å². The summed E-state index contributed by atoms with van der Waals surface area (Å²) in [6.07, 6.45) is 26.2. The van der Waals surface area contributed by atoms with Gasteiger partial charge in [0.05, 0.1) is 0 Å². The number of nitriles is 1. The molecule has 1 nitrogen and oxygen atoms in total. The van der Waals surface area contributed by atoms with Gasteiger partial charge in [-0.15, -0.1) is 0 Å². The maximum atomic E-state index is 12.9. The van der Waals surface area contributed by atoms with Crippen LogP contribution in [0.2, 0.25) is 0 Å². The topological polar surface area (TPSA) is 23.8 Å². The number of halogens is 1. The highest BCUT2D eigenvalue weighted by Crippen LogP contribution is 2.38. The lowest BCUT2D eigenvalue weighted by molar-refractivity contribution is 0.208. The maximum absolute atomic E-state index is 12.9. The molecule has 0 unspecified atom stereocenters. The minimum absolute atomic E-state index is 0.611. The third-order valence-corrected chi connectivity index (χ3v) is 7.64. The Hall–Kier alpha value is -0.840. The Morgan fingerprint density at radius 2 is 1.21 bits per heavy atom. The summed E-state index contributed by atoms with van der Waals surface area (Å²) in [6.45, 7) is 2.30. The van der Waals surface area contributed by atoms with E-state index in [4.69, 9.17) is 5.26 Å². The lowest BCUT2D eigenvalue weighted by atomic mass is 9.74. The van der Waals surface area contributed by atoms with Gasteiger partial charge < -0.3 is 0 Å². The Morgan fingerprint density at radius 1 is 0.750 bits per heavy atom. The van der Waals surface area contributed by atoms with Crippen LogP contribution in [0.25, 0.3) is 0 Å². The van der Waals surface area contributed by atoms with Crippen molar-refractivity contribution in [1.82, 2.24) is 0 Å². The van der Waals surface area contributed by atoms with Crippen molar-refractivity contribution >= 4 is 0 Å². The first-order valence-corrected chi connectivity index (χ1v) is 12.5. The summed E-state index contributed by atoms with van der Waals surface area (Å²) in [6, 6.07) is 1.57. The summed E-state index contributed by atoms with van der Waals surface area (Å²) < 4.78 is 12.9. The van der Waals surface area contributed by atoms with Gasteiger partial charge in [0.25, 0.3) is 0 Å². The molecule has 0 spiro atoms. The van der Waals surface area contributed by atoms with E-state index in [1.165, 1.54) is 109 Å². The number of unbranched alkanes of at least 4 members (excludes halogenated alkanes) is 4. The van der Waals surface area contributed by atoms with Gasteiger partial charge in [0.15, 0.2) is 5.83 Å². The summed E-state index contributed by atoms with van der Waals surface area (Å²) in [5.41, 5.74) is 0. The summed E-state index contributed by atoms with van der Waals surface area (Å²) in [7, 11) is 0. The standard InChI is InChI=1S/C26H44FN/c1-2-3-4-5-6-8-22-11-15-24(16-12-22)19-20-25-17-13-23(14-18-25)9-7-10-26(27)21-28/h10,22-25H,2-9,11-20H2,1H3/b26-10-/t22-,23-,24-,25-. The van der Waals surface area contributed by atoms with Gasteiger partial charge in [-0.1, -0.05) is 110 Å². The molecule has 160 valence electrons. The second kappa shape index (κ2) is 14.2. The zero-order chi connectivity index (χ0) is 20.0. The lowest BCUT2D eigenvalue weighted by Crippen LogP contribution is -2.18. The van der Waals surface area contributed by atoms with E-state index in [-0.39, 0.29) is 0 Å². The molecule has 0 saturated heterocycles. The van der Waals surface area contributed by atoms with E-state index in [9.17, 15) is 4.39 Å². The molecular weight excluding hydrogens is 345 g/mol. The summed E-state index contributed by atoms with van der Waals surface area (Å²) in [4.78, 5) is 0. The second-order valence-corrected chi connectivity index (χ2v) is 9.79. The number of nitrogens with zero attached hydrogens (tertiary/aromatic N) is 1. The minimum Gasteiger partial charge on any atom is -0.195 e. The Kier molecular flexibility index (Phi) is 11.9. The lowest BCUT2D eigenvalue weighted by Gasteiger charge is -2.32. The average Bonchev–Trinajstić information content (AvgIpc) is 2.73. The van der Waals surface area contributed by atoms with Crippen molar-refractivity contribution in [2.75, 3.05) is 0 Å². The van der Waals surface area contributed by atoms with E-state index in [0.29, 0.717) is 0 Å². The highest BCUT2D eigenvalue weighted by Gasteiger charge is 2.24. The zero-order valence-corrected chi connectivity index (χ0v) is 18.4. The molecule has 28 heavy (non-hydrogen) atoms. The first-order valence-electron chi connectivity index (χ1n) is 12.5. The van der Waals surface area contributed by atoms with Gasteiger partial charge in [0.2, 0.25) is 0 Å². The van der Waals surface area contributed by atoms with Crippen LogP contribution in [0.1, 0.15) is 122 Å². The predicted octanol–water partition coefficient (Wildman–Crippen LogP) is 8.90. The molecule has 2 rings (SSSR count). The fourth-order valence-corrected chi connectivity index (χ4v) is 5.62. The fraction of sp³-hybridized carbons (Fsp3) is 0.885. The van der Waals surface area contributed by atoms with E-state index >= 15 is 0 Å². The highest BCUT2D eigenvalue weighted by molar-refractivity contribution is 5.11. The molecule has 0 radical (unpaired) electrons. The molecule has 0 aromatic heterocycles. The van der Waals surface area contributed by atoms with Gasteiger partial charge in [0.1, 0.15) is 6.07 Å². The SMILES string of the molecule is CCCCCCC[C@H]1CC[C@H](CC[C@H]2CC[C@H](CC/C=C(\F)C#N)CC2)CC1. The molecule has 2 heteroatoms. The molecule has 0 heterocycles. The van der Waals surface area contributed by atoms with Crippen LogP contribution in [0, 0.1) is 35.0 Å². The van der Waals surface area contributed by atoms with Crippen molar-refractivity contribution in [2.24, 2.45) is 23.7 Å². The monoisotopic (exact) mass is 389 g/mol. The first-order chi connectivity index (χ1) is 13.7. The molecule has 0 aliphatic heterocycles. The molecule has 0 bridgehead atoms. The van der Waals surface area contributed by atoms with Crippen molar-refractivity contribution in [1.29, 1.82) is 5.26 Å². The van der Waals surface area contributed by atoms with Crippen LogP contribution < -0.4 is 0 Å². The van der Waals surface area contributed by atoms with Crippen molar-refractivity contribution in [2.45, 2.75) is 122 Å². The number of hydrogen-bond donors (Lipinski definition) is 0. The molecule has 2 aliphatic rings. The zero-order valence-electron chi connectivity index (χ0n) is 18.4. The summed E-state index contributed by atoms with van der Waals surface area (Å²) in [5.74, 6) is 3.13. The van der Waals surface area contributed by atoms with Crippen LogP contribution in [0.15, 0.2) is 11.9 Å². The summed E-state index contributed by atoms with van der Waals surface area (Å²) >= 11 is 0. The first kappa shape index (κ1) is 23.4. The van der Waals surface area contributed by atoms with E-state index in [1.807, 2.05) is 0 Å². The number of rotatable bonds is 12. The molecule has 0 atom stereocenters. The van der Waals surface area contributed by atoms with Crippen molar-refractivity contribution in [3.05, 3.63) is 11.9 Å². The molecule has 0 N–H and O–H groups in total. The number of hydrogen-bond acceptors (Lipinski definition) is 1. The molecule has 0 aromatic carbocycles. The van der Waals surface area contributed by atoms with Gasteiger partial charge in [-0.3, -0.25) is 0 Å². The van der Waals surface area contributed by atoms with E-state index in [1.54, 1.807) is 6.07 Å². The molecular formula is C26H44FN. The quantitative estimate of drug-likeness (QED) is 0.241. The second-order valence-electron chi connectivity index (χ2n) is 9.79. The van der Waals surface area contributed by atoms with Crippen LogP contribution >= 0.6 is 0 Å². The summed E-state index contributed by atoms with van der Waals surface area (Å²) in [5, 5.41) is 8.46. The smallest absolute Gasteiger partial charge is 0.195 e. The van der Waals surface area contributed by atoms with Crippen LogP contribution in [0.3, 0.4) is 0 Å². The van der Waals surface area contributed by atoms with E-state index in [0.717, 1.165) is 36.5 Å². The Balaban J connectivity index is 1.49. The van der Waals surface area contributed by atoms with Gasteiger partial charge >= 0.3 is 0 Å². The fourth-order valence-electron chi connectivity index (χ4n) is 5.62.